The van der Waals surface area contributed by atoms with Gasteiger partial charge in [0.05, 0.1) is 10.8 Å². The first-order chi connectivity index (χ1) is 30.9. The van der Waals surface area contributed by atoms with Crippen molar-refractivity contribution >= 4 is 45.3 Å². The van der Waals surface area contributed by atoms with Crippen LogP contribution < -0.4 is 0 Å². The Balaban J connectivity index is 1.72. The van der Waals surface area contributed by atoms with Crippen molar-refractivity contribution < 1.29 is 114 Å². The van der Waals surface area contributed by atoms with Gasteiger partial charge in [0, 0.05) is 39.0 Å². The SMILES string of the molecule is CCCC(CC)(c1ccc(-c2ccc(-c3ccc(-c4ccc(C(CC)(CC)C(F)(F)C(F)(F)C(F)(F)C(F)(F)C(F)(F)C(F)(F)F)s4)s3)s2)s1)C(F)(F)C(F)(F)C(F)(F)C(F)(F)C(F)(F)C(F)(F)F. The zero-order valence-corrected chi connectivity index (χ0v) is 37.9. The molecule has 392 valence electrons. The molecule has 4 rings (SSSR count). The van der Waals surface area contributed by atoms with E-state index in [1.54, 1.807) is 0 Å². The van der Waals surface area contributed by atoms with Crippen LogP contribution in [0.25, 0.3) is 29.3 Å². The summed E-state index contributed by atoms with van der Waals surface area (Å²) in [6, 6.07) is 8.52. The van der Waals surface area contributed by atoms with E-state index in [9.17, 15) is 79.0 Å². The van der Waals surface area contributed by atoms with Gasteiger partial charge in [-0.05, 0) is 74.2 Å². The van der Waals surface area contributed by atoms with Gasteiger partial charge in [0.1, 0.15) is 0 Å². The molecule has 30 heteroatoms. The van der Waals surface area contributed by atoms with Gasteiger partial charge in [0.15, 0.2) is 0 Å². The van der Waals surface area contributed by atoms with Crippen LogP contribution in [0.5, 0.6) is 0 Å². The Kier molecular flexibility index (Phi) is 15.2. The van der Waals surface area contributed by atoms with E-state index in [4.69, 9.17) is 0 Å². The van der Waals surface area contributed by atoms with Crippen LogP contribution in [-0.4, -0.2) is 71.6 Å². The smallest absolute Gasteiger partial charge is 0.199 e. The lowest BCUT2D eigenvalue weighted by Crippen LogP contribution is -2.72. The molecule has 0 fully saturated rings. The molecule has 0 aliphatic carbocycles. The van der Waals surface area contributed by atoms with Crippen LogP contribution in [-0.2, 0) is 10.8 Å². The van der Waals surface area contributed by atoms with E-state index in [2.05, 4.69) is 0 Å². The van der Waals surface area contributed by atoms with Gasteiger partial charge in [-0.15, -0.1) is 45.3 Å². The first-order valence-electron chi connectivity index (χ1n) is 19.2. The minimum atomic E-state index is -8.11. The average Bonchev–Trinajstić information content (AvgIpc) is 4.06. The molecule has 4 heterocycles. The van der Waals surface area contributed by atoms with Crippen LogP contribution in [0.3, 0.4) is 0 Å². The summed E-state index contributed by atoms with van der Waals surface area (Å²) in [7, 11) is 0. The number of halogens is 26. The molecule has 4 aromatic heterocycles. The Labute approximate surface area is 388 Å². The Bertz CT molecular complexity index is 2400. The fourth-order valence-corrected chi connectivity index (χ4v) is 12.4. The van der Waals surface area contributed by atoms with Crippen molar-refractivity contribution in [3.8, 4) is 29.3 Å². The second-order valence-electron chi connectivity index (χ2n) is 15.4. The van der Waals surface area contributed by atoms with Gasteiger partial charge in [-0.3, -0.25) is 0 Å². The number of alkyl halides is 26. The van der Waals surface area contributed by atoms with Gasteiger partial charge >= 0.3 is 71.6 Å². The monoisotopic (exact) mass is 1120 g/mol. The maximum absolute atomic E-state index is 16.0. The molecule has 1 unspecified atom stereocenters. The number of hydrogen-bond acceptors (Lipinski definition) is 4. The molecule has 69 heavy (non-hydrogen) atoms. The van der Waals surface area contributed by atoms with Gasteiger partial charge < -0.3 is 0 Å². The molecule has 0 radical (unpaired) electrons. The van der Waals surface area contributed by atoms with E-state index in [-0.39, 0.29) is 51.9 Å². The van der Waals surface area contributed by atoms with Crippen LogP contribution in [0.1, 0.15) is 69.6 Å². The van der Waals surface area contributed by atoms with Crippen molar-refractivity contribution in [1.82, 2.24) is 0 Å². The third kappa shape index (κ3) is 8.14. The zero-order valence-electron chi connectivity index (χ0n) is 34.6. The predicted molar refractivity (Wildman–Crippen MR) is 205 cm³/mol. The summed E-state index contributed by atoms with van der Waals surface area (Å²) in [4.78, 5) is -1.40. The molecular formula is C39H30F26S4. The number of rotatable bonds is 20. The summed E-state index contributed by atoms with van der Waals surface area (Å²) in [5, 5.41) is 0. The lowest BCUT2D eigenvalue weighted by atomic mass is 9.69. The number of thiophene rings is 4. The van der Waals surface area contributed by atoms with Gasteiger partial charge in [-0.1, -0.05) is 34.1 Å². The Morgan fingerprint density at radius 3 is 0.754 bits per heavy atom. The summed E-state index contributed by atoms with van der Waals surface area (Å²) in [6.07, 6.45) is -20.9. The van der Waals surface area contributed by atoms with Crippen molar-refractivity contribution in [3.05, 3.63) is 58.3 Å². The van der Waals surface area contributed by atoms with Crippen molar-refractivity contribution in [2.75, 3.05) is 0 Å². The van der Waals surface area contributed by atoms with Gasteiger partial charge in [0.2, 0.25) is 0 Å². The molecule has 0 aromatic carbocycles. The van der Waals surface area contributed by atoms with Crippen LogP contribution in [0, 0.1) is 0 Å². The minimum Gasteiger partial charge on any atom is -0.199 e. The Morgan fingerprint density at radius 1 is 0.275 bits per heavy atom. The highest BCUT2D eigenvalue weighted by Crippen LogP contribution is 2.67. The third-order valence-corrected chi connectivity index (χ3v) is 17.0. The number of hydrogen-bond donors (Lipinski definition) is 0. The standard InChI is InChI=1S/C39H30F26S4/c1-5-17-27(8-4,29(42,43)31(46,47)33(50,51)35(54,55)37(58,59)39(63,64)65)25-16-14-23(69-25)21-12-10-19(67-21)18-9-11-20(66-18)22-13-15-24(68-22)26(6-2,7-3)28(40,41)30(44,45)32(48,49)34(52,53)36(56,57)38(60,61)62/h9-16H,5-8,17H2,1-4H3. The quantitative estimate of drug-likeness (QED) is 0.0774. The highest BCUT2D eigenvalue weighted by molar-refractivity contribution is 7.28. The van der Waals surface area contributed by atoms with Crippen molar-refractivity contribution in [2.24, 2.45) is 0 Å². The maximum atomic E-state index is 16.0. The average molecular weight is 1120 g/mol. The van der Waals surface area contributed by atoms with E-state index >= 15 is 35.1 Å². The summed E-state index contributed by atoms with van der Waals surface area (Å²) >= 11 is 1.98. The van der Waals surface area contributed by atoms with Gasteiger partial charge in [-0.25, -0.2) is 0 Å². The maximum Gasteiger partial charge on any atom is 0.460 e. The predicted octanol–water partition coefficient (Wildman–Crippen LogP) is 18.9. The minimum absolute atomic E-state index is 0.0818. The largest absolute Gasteiger partial charge is 0.460 e. The molecule has 0 N–H and O–H groups in total. The van der Waals surface area contributed by atoms with Crippen LogP contribution in [0.15, 0.2) is 48.5 Å². The highest BCUT2D eigenvalue weighted by Gasteiger charge is 2.94. The van der Waals surface area contributed by atoms with Crippen molar-refractivity contribution in [1.29, 1.82) is 0 Å². The second kappa shape index (κ2) is 17.9. The van der Waals surface area contributed by atoms with E-state index in [1.807, 2.05) is 0 Å². The molecule has 0 aliphatic rings. The van der Waals surface area contributed by atoms with Crippen LogP contribution in [0.4, 0.5) is 114 Å². The highest BCUT2D eigenvalue weighted by atomic mass is 32.1. The molecule has 0 spiro atoms. The molecule has 0 aliphatic heterocycles. The molecule has 0 saturated carbocycles. The fourth-order valence-electron chi connectivity index (χ4n) is 7.43. The normalized spacial score (nSPS) is 16.1. The Morgan fingerprint density at radius 2 is 0.493 bits per heavy atom. The summed E-state index contributed by atoms with van der Waals surface area (Å²) in [6.45, 7) is 3.16. The second-order valence-corrected chi connectivity index (χ2v) is 19.7. The lowest BCUT2D eigenvalue weighted by molar-refractivity contribution is -0.444. The van der Waals surface area contributed by atoms with Crippen molar-refractivity contribution in [3.63, 3.8) is 0 Å². The first-order valence-corrected chi connectivity index (χ1v) is 22.4. The van der Waals surface area contributed by atoms with Crippen molar-refractivity contribution in [2.45, 2.75) is 142 Å². The summed E-state index contributed by atoms with van der Waals surface area (Å²) in [5.74, 6) is -76.2. The van der Waals surface area contributed by atoms with E-state index in [0.717, 1.165) is 41.7 Å². The Hall–Kier alpha value is -3.02. The molecule has 0 nitrogen and oxygen atoms in total. The molecule has 1 atom stereocenters. The first kappa shape index (κ1) is 58.5. The third-order valence-electron chi connectivity index (χ3n) is 11.7. The van der Waals surface area contributed by atoms with E-state index in [0.29, 0.717) is 32.9 Å². The fraction of sp³-hybridized carbons (Fsp3) is 0.590. The molecule has 4 aromatic rings. The van der Waals surface area contributed by atoms with E-state index in [1.165, 1.54) is 24.3 Å². The summed E-state index contributed by atoms with van der Waals surface area (Å²) in [5.41, 5.74) is -7.22. The molecular weight excluding hydrogens is 1090 g/mol. The molecule has 0 bridgehead atoms. The molecule has 0 saturated heterocycles. The van der Waals surface area contributed by atoms with E-state index < -0.39 is 124 Å². The summed E-state index contributed by atoms with van der Waals surface area (Å²) < 4.78 is 370. The van der Waals surface area contributed by atoms with Crippen LogP contribution >= 0.6 is 45.3 Å². The van der Waals surface area contributed by atoms with Gasteiger partial charge in [0.25, 0.3) is 0 Å². The molecule has 0 amide bonds. The topological polar surface area (TPSA) is 0 Å². The van der Waals surface area contributed by atoms with Crippen LogP contribution in [0.2, 0.25) is 0 Å². The van der Waals surface area contributed by atoms with Gasteiger partial charge in [-0.2, -0.15) is 114 Å². The zero-order chi connectivity index (χ0) is 53.6. The lowest BCUT2D eigenvalue weighted by Gasteiger charge is -2.46.